The lowest BCUT2D eigenvalue weighted by Crippen LogP contribution is -2.58. The Hall–Kier alpha value is -1.89. The molecule has 1 spiro atoms. The van der Waals surface area contributed by atoms with E-state index in [0.717, 1.165) is 58.0 Å². The first kappa shape index (κ1) is 30.7. The highest BCUT2D eigenvalue weighted by Gasteiger charge is 2.68. The van der Waals surface area contributed by atoms with Crippen molar-refractivity contribution < 1.29 is 9.53 Å². The molecular formula is C37H57N3O4. The highest BCUT2D eigenvalue weighted by Crippen LogP contribution is 2.74. The van der Waals surface area contributed by atoms with Gasteiger partial charge in [-0.2, -0.15) is 0 Å². The third kappa shape index (κ3) is 4.63. The second-order valence-corrected chi connectivity index (χ2v) is 16.9. The van der Waals surface area contributed by atoms with E-state index in [1.165, 1.54) is 57.8 Å². The molecule has 7 rings (SSSR count). The maximum atomic E-state index is 13.3. The van der Waals surface area contributed by atoms with Crippen LogP contribution in [0.3, 0.4) is 0 Å². The first-order chi connectivity index (χ1) is 21.0. The number of rotatable bonds is 7. The number of hydrogen-bond donors (Lipinski definition) is 2. The van der Waals surface area contributed by atoms with Crippen LogP contribution in [0.2, 0.25) is 0 Å². The predicted octanol–water partition coefficient (Wildman–Crippen LogP) is 6.64. The van der Waals surface area contributed by atoms with E-state index in [4.69, 9.17) is 4.74 Å². The van der Waals surface area contributed by atoms with Crippen molar-refractivity contribution in [2.45, 2.75) is 149 Å². The molecule has 1 saturated heterocycles. The van der Waals surface area contributed by atoms with Crippen LogP contribution in [0.15, 0.2) is 9.59 Å². The van der Waals surface area contributed by atoms with Gasteiger partial charge in [-0.25, -0.2) is 0 Å². The molecule has 244 valence electrons. The number of fused-ring (bicyclic) bond motifs is 3. The third-order valence-electron chi connectivity index (χ3n) is 14.5. The van der Waals surface area contributed by atoms with E-state index in [1.807, 2.05) is 6.92 Å². The monoisotopic (exact) mass is 607 g/mol. The zero-order chi connectivity index (χ0) is 30.9. The van der Waals surface area contributed by atoms with Crippen molar-refractivity contribution in [3.05, 3.63) is 20.4 Å². The lowest BCUT2D eigenvalue weighted by Gasteiger charge is -2.64. The van der Waals surface area contributed by atoms with Crippen LogP contribution in [0, 0.1) is 33.5 Å². The Morgan fingerprint density at radius 2 is 1.52 bits per heavy atom. The van der Waals surface area contributed by atoms with Crippen LogP contribution in [0.25, 0.3) is 0 Å². The van der Waals surface area contributed by atoms with Crippen molar-refractivity contribution in [1.82, 2.24) is 4.90 Å². The summed E-state index contributed by atoms with van der Waals surface area (Å²) in [4.78, 5) is 42.1. The van der Waals surface area contributed by atoms with E-state index < -0.39 is 5.41 Å². The van der Waals surface area contributed by atoms with E-state index in [0.29, 0.717) is 35.9 Å². The predicted molar refractivity (Wildman–Crippen MR) is 176 cm³/mol. The number of nitrogens with zero attached hydrogens (tertiary/aromatic N) is 1. The summed E-state index contributed by atoms with van der Waals surface area (Å²) < 4.78 is 5.67. The zero-order valence-corrected chi connectivity index (χ0v) is 27.9. The van der Waals surface area contributed by atoms with E-state index in [2.05, 4.69) is 36.3 Å². The fourth-order valence-electron chi connectivity index (χ4n) is 12.5. The molecule has 0 aromatic heterocycles. The van der Waals surface area contributed by atoms with Crippen molar-refractivity contribution in [1.29, 1.82) is 0 Å². The van der Waals surface area contributed by atoms with Gasteiger partial charge in [-0.1, -0.05) is 39.5 Å². The van der Waals surface area contributed by atoms with E-state index >= 15 is 0 Å². The molecule has 7 nitrogen and oxygen atoms in total. The maximum absolute atomic E-state index is 13.3. The van der Waals surface area contributed by atoms with E-state index in [1.54, 1.807) is 0 Å². The van der Waals surface area contributed by atoms with Gasteiger partial charge in [0.1, 0.15) is 11.4 Å². The van der Waals surface area contributed by atoms with Crippen LogP contribution in [-0.4, -0.2) is 48.7 Å². The van der Waals surface area contributed by atoms with Crippen LogP contribution < -0.4 is 21.5 Å². The minimum Gasteiger partial charge on any atom is -0.466 e. The Labute approximate surface area is 264 Å². The summed E-state index contributed by atoms with van der Waals surface area (Å²) in [5.41, 5.74) is 0.557. The Kier molecular flexibility index (Phi) is 7.77. The second kappa shape index (κ2) is 11.1. The van der Waals surface area contributed by atoms with E-state index in [-0.39, 0.29) is 45.2 Å². The fraction of sp³-hybridized carbons (Fsp3) is 0.865. The zero-order valence-electron chi connectivity index (χ0n) is 27.9. The summed E-state index contributed by atoms with van der Waals surface area (Å²) in [5, 5.41) is 7.43. The minimum atomic E-state index is -0.392. The normalized spacial score (nSPS) is 44.0. The van der Waals surface area contributed by atoms with Gasteiger partial charge in [0, 0.05) is 18.1 Å². The maximum Gasteiger partial charge on any atom is 0.312 e. The number of carbonyl (C=O) groups is 1. The molecule has 1 aromatic carbocycles. The van der Waals surface area contributed by atoms with E-state index in [9.17, 15) is 14.4 Å². The van der Waals surface area contributed by atoms with Gasteiger partial charge in [-0.3, -0.25) is 19.3 Å². The van der Waals surface area contributed by atoms with Gasteiger partial charge in [0.15, 0.2) is 0 Å². The Morgan fingerprint density at radius 1 is 0.818 bits per heavy atom. The topological polar surface area (TPSA) is 87.7 Å². The van der Waals surface area contributed by atoms with Crippen LogP contribution in [-0.2, 0) is 9.53 Å². The first-order valence-electron chi connectivity index (χ1n) is 18.3. The van der Waals surface area contributed by atoms with Crippen molar-refractivity contribution in [3.63, 3.8) is 0 Å². The highest BCUT2D eigenvalue weighted by molar-refractivity contribution is 5.77. The van der Waals surface area contributed by atoms with Crippen molar-refractivity contribution >= 4 is 17.3 Å². The van der Waals surface area contributed by atoms with Crippen LogP contribution in [0.1, 0.15) is 130 Å². The third-order valence-corrected chi connectivity index (χ3v) is 14.5. The highest BCUT2D eigenvalue weighted by atomic mass is 16.5. The molecule has 2 bridgehead atoms. The standard InChI is InChI=1S/C37H57N3O4/c1-5-44-33(43)36(4)17-11-16-35(3)26(36)15-19-37-22-28(34(2,23-37)18-14-27(35)37)39-30-29(31(41)32(30)42)38-24-12-7-8-13-25(24)40-20-9-6-10-21-40/h24-28,38-39H,5-23H2,1-4H3/t24-,25-,26?,27?,28-,34+,35-,36-,37+/m1/s1. The lowest BCUT2D eigenvalue weighted by atomic mass is 9.40. The number of anilines is 2. The molecule has 5 aliphatic carbocycles. The molecule has 2 N–H and O–H groups in total. The second-order valence-electron chi connectivity index (χ2n) is 16.9. The Morgan fingerprint density at radius 3 is 2.27 bits per heavy atom. The molecule has 44 heavy (non-hydrogen) atoms. The molecule has 1 heterocycles. The summed E-state index contributed by atoms with van der Waals surface area (Å²) in [5.74, 6) is 0.960. The number of ether oxygens (including phenoxy) is 1. The smallest absolute Gasteiger partial charge is 0.312 e. The number of carbonyl (C=O) groups excluding carboxylic acids is 1. The van der Waals surface area contributed by atoms with Gasteiger partial charge in [-0.05, 0) is 132 Å². The van der Waals surface area contributed by atoms with Crippen LogP contribution in [0.4, 0.5) is 11.4 Å². The van der Waals surface area contributed by atoms with Crippen LogP contribution >= 0.6 is 0 Å². The molecule has 7 heteroatoms. The number of likely N-dealkylation sites (tertiary alicyclic amines) is 1. The average Bonchev–Trinajstić information content (AvgIpc) is 3.22. The summed E-state index contributed by atoms with van der Waals surface area (Å²) in [7, 11) is 0. The molecule has 6 aliphatic rings. The molecule has 9 atom stereocenters. The summed E-state index contributed by atoms with van der Waals surface area (Å²) >= 11 is 0. The minimum absolute atomic E-state index is 0.0131. The fourth-order valence-corrected chi connectivity index (χ4v) is 12.5. The van der Waals surface area contributed by atoms with Gasteiger partial charge >= 0.3 is 5.97 Å². The summed E-state index contributed by atoms with van der Waals surface area (Å²) in [6.45, 7) is 11.8. The SMILES string of the molecule is CCOC(=O)[C@]1(C)CCC[C@@]2(C)C3CC[C@@]4(C)C[C@]3(CCC21)C[C@H]4Nc1c(N[C@@H]2CCCC[C@H]2N2CCCCC2)c(=O)c1=O. The number of piperidine rings is 1. The molecule has 2 unspecified atom stereocenters. The van der Waals surface area contributed by atoms with Crippen molar-refractivity contribution in [2.24, 2.45) is 33.5 Å². The number of esters is 1. The summed E-state index contributed by atoms with van der Waals surface area (Å²) in [6, 6.07) is 0.888. The van der Waals surface area contributed by atoms with Gasteiger partial charge in [0.2, 0.25) is 0 Å². The average molecular weight is 608 g/mol. The van der Waals surface area contributed by atoms with Crippen molar-refractivity contribution in [3.8, 4) is 0 Å². The van der Waals surface area contributed by atoms with Gasteiger partial charge in [0.25, 0.3) is 10.9 Å². The molecule has 6 fully saturated rings. The Bertz CT molecular complexity index is 1330. The van der Waals surface area contributed by atoms with Gasteiger partial charge in [-0.15, -0.1) is 0 Å². The first-order valence-corrected chi connectivity index (χ1v) is 18.3. The molecular weight excluding hydrogens is 550 g/mol. The molecule has 1 aromatic rings. The van der Waals surface area contributed by atoms with Gasteiger partial charge < -0.3 is 15.4 Å². The van der Waals surface area contributed by atoms with Gasteiger partial charge in [0.05, 0.1) is 12.0 Å². The molecule has 0 radical (unpaired) electrons. The molecule has 0 amide bonds. The number of hydrogen-bond acceptors (Lipinski definition) is 7. The number of nitrogens with one attached hydrogen (secondary N) is 2. The lowest BCUT2D eigenvalue weighted by molar-refractivity contribution is -0.187. The summed E-state index contributed by atoms with van der Waals surface area (Å²) in [6.07, 6.45) is 18.5. The quantitative estimate of drug-likeness (QED) is 0.265. The van der Waals surface area contributed by atoms with Crippen LogP contribution in [0.5, 0.6) is 0 Å². The largest absolute Gasteiger partial charge is 0.466 e. The van der Waals surface area contributed by atoms with Crippen molar-refractivity contribution in [2.75, 3.05) is 30.3 Å². The molecule has 5 saturated carbocycles. The molecule has 1 aliphatic heterocycles. The Balaban J connectivity index is 1.11.